The van der Waals surface area contributed by atoms with Crippen molar-refractivity contribution in [3.8, 4) is 11.9 Å². The zero-order valence-corrected chi connectivity index (χ0v) is 40.4. The maximum absolute atomic E-state index is 14.6. The molecule has 6 aliphatic rings. The van der Waals surface area contributed by atoms with E-state index < -0.39 is 43.0 Å². The SMILES string of the molecule is CC(C)(C#N)c1ccccc1[C@@H]1CCCN1C1CC2(CCN(c3ccc(C(=O)NS(=O)(=O)c4ccc(NCC5CCOCC5)c([N+](=O)[O-])c4)c(N4c5cc6cc[nH]c6nc5O[C@@H]5COC[C@H]54)c3)CC2)C1. The number of amides is 1. The Balaban J connectivity index is 0.861. The van der Waals surface area contributed by atoms with Crippen LogP contribution >= 0.6 is 0 Å². The molecule has 7 heterocycles. The van der Waals surface area contributed by atoms with Crippen LogP contribution in [-0.4, -0.2) is 105 Å². The maximum atomic E-state index is 14.6. The molecular formula is C52H59N9O8S. The van der Waals surface area contributed by atoms with Crippen LogP contribution in [0.15, 0.2) is 83.9 Å². The number of anilines is 4. The number of nitrogens with zero attached hydrogens (tertiary/aromatic N) is 6. The zero-order valence-electron chi connectivity index (χ0n) is 39.6. The van der Waals surface area contributed by atoms with Crippen molar-refractivity contribution < 1.29 is 32.3 Å². The predicted molar refractivity (Wildman–Crippen MR) is 264 cm³/mol. The molecule has 3 N–H and O–H groups in total. The van der Waals surface area contributed by atoms with Crippen molar-refractivity contribution in [3.63, 3.8) is 0 Å². The molecule has 0 unspecified atom stereocenters. The smallest absolute Gasteiger partial charge is 0.293 e. The number of ether oxygens (including phenoxy) is 3. The molecule has 2 aromatic heterocycles. The highest BCUT2D eigenvalue weighted by atomic mass is 32.2. The number of rotatable bonds is 12. The number of nitriles is 1. The van der Waals surface area contributed by atoms with Crippen molar-refractivity contribution in [3.05, 3.63) is 106 Å². The predicted octanol–water partition coefficient (Wildman–Crippen LogP) is 8.11. The Hall–Kier alpha value is -6.26. The third kappa shape index (κ3) is 8.50. The minimum absolute atomic E-state index is 0.0967. The summed E-state index contributed by atoms with van der Waals surface area (Å²) < 4.78 is 48.3. The monoisotopic (exact) mass is 969 g/mol. The number of nitro groups is 1. The lowest BCUT2D eigenvalue weighted by Gasteiger charge is -2.56. The van der Waals surface area contributed by atoms with Crippen LogP contribution in [0.4, 0.5) is 28.4 Å². The molecule has 17 nitrogen and oxygen atoms in total. The molecule has 0 radical (unpaired) electrons. The van der Waals surface area contributed by atoms with E-state index in [9.17, 15) is 28.6 Å². The van der Waals surface area contributed by atoms with Crippen molar-refractivity contribution in [1.29, 1.82) is 5.26 Å². The summed E-state index contributed by atoms with van der Waals surface area (Å²) >= 11 is 0. The van der Waals surface area contributed by atoms with Gasteiger partial charge in [0.05, 0.1) is 51.8 Å². The summed E-state index contributed by atoms with van der Waals surface area (Å²) in [7, 11) is -4.60. The fraction of sp³-hybridized carbons (Fsp3) is 0.481. The Labute approximate surface area is 407 Å². The number of carbonyl (C=O) groups excluding carboxylic acids is 1. The number of sulfonamides is 1. The van der Waals surface area contributed by atoms with Crippen molar-refractivity contribution in [1.82, 2.24) is 19.6 Å². The molecule has 1 saturated carbocycles. The highest BCUT2D eigenvalue weighted by molar-refractivity contribution is 7.90. The highest BCUT2D eigenvalue weighted by Gasteiger charge is 2.51. The molecule has 0 bridgehead atoms. The largest absolute Gasteiger partial charge is 0.468 e. The van der Waals surface area contributed by atoms with Gasteiger partial charge < -0.3 is 34.3 Å². The molecule has 3 aromatic carbocycles. The Morgan fingerprint density at radius 2 is 1.79 bits per heavy atom. The van der Waals surface area contributed by atoms with Crippen LogP contribution in [0, 0.1) is 32.8 Å². The molecule has 4 saturated heterocycles. The molecule has 366 valence electrons. The van der Waals surface area contributed by atoms with Gasteiger partial charge in [-0.1, -0.05) is 24.3 Å². The van der Waals surface area contributed by atoms with Crippen molar-refractivity contribution in [2.45, 2.75) is 99.8 Å². The summed E-state index contributed by atoms with van der Waals surface area (Å²) in [6.45, 7) is 9.03. The van der Waals surface area contributed by atoms with Gasteiger partial charge in [0, 0.05) is 68.3 Å². The van der Waals surface area contributed by atoms with Gasteiger partial charge >= 0.3 is 0 Å². The molecule has 3 atom stereocenters. The van der Waals surface area contributed by atoms with Gasteiger partial charge in [0.15, 0.2) is 0 Å². The van der Waals surface area contributed by atoms with Crippen LogP contribution in [0.3, 0.4) is 0 Å². The number of nitrogens with one attached hydrogen (secondary N) is 3. The van der Waals surface area contributed by atoms with Crippen molar-refractivity contribution in [2.75, 3.05) is 67.7 Å². The summed E-state index contributed by atoms with van der Waals surface area (Å²) in [4.78, 5) is 40.9. The number of aromatic amines is 1. The van der Waals surface area contributed by atoms with Gasteiger partial charge in [-0.05, 0) is 137 Å². The first-order valence-corrected chi connectivity index (χ1v) is 26.1. The first-order valence-electron chi connectivity index (χ1n) is 24.6. The number of aromatic nitrogens is 2. The second-order valence-electron chi connectivity index (χ2n) is 20.6. The average molecular weight is 970 g/mol. The molecule has 18 heteroatoms. The molecule has 11 rings (SSSR count). The molecule has 70 heavy (non-hydrogen) atoms. The van der Waals surface area contributed by atoms with Crippen LogP contribution in [-0.2, 0) is 24.9 Å². The van der Waals surface area contributed by atoms with E-state index >= 15 is 0 Å². The summed E-state index contributed by atoms with van der Waals surface area (Å²) in [5.74, 6) is -0.260. The lowest BCUT2D eigenvalue weighted by molar-refractivity contribution is -0.384. The third-order valence-electron chi connectivity index (χ3n) is 16.0. The number of likely N-dealkylation sites (tertiary alicyclic amines) is 1. The quantitative estimate of drug-likeness (QED) is 0.0798. The topological polar surface area (TPSA) is 208 Å². The normalized spacial score (nSPS) is 22.8. The zero-order chi connectivity index (χ0) is 48.4. The summed E-state index contributed by atoms with van der Waals surface area (Å²) in [6.07, 6.45) is 9.55. The van der Waals surface area contributed by atoms with Gasteiger partial charge in [-0.2, -0.15) is 10.2 Å². The van der Waals surface area contributed by atoms with E-state index in [1.54, 1.807) is 12.3 Å². The summed E-state index contributed by atoms with van der Waals surface area (Å²) in [5, 5.41) is 26.3. The number of hydrogen-bond acceptors (Lipinski definition) is 14. The summed E-state index contributed by atoms with van der Waals surface area (Å²) in [6, 6.07) is 24.5. The average Bonchev–Trinajstić information content (AvgIpc) is 4.15. The lowest BCUT2D eigenvalue weighted by Crippen LogP contribution is -2.55. The molecule has 1 aliphatic carbocycles. The van der Waals surface area contributed by atoms with Crippen LogP contribution in [0.25, 0.3) is 11.0 Å². The van der Waals surface area contributed by atoms with E-state index in [-0.39, 0.29) is 28.6 Å². The number of benzene rings is 3. The highest BCUT2D eigenvalue weighted by Crippen LogP contribution is 2.55. The number of pyridine rings is 1. The van der Waals surface area contributed by atoms with E-state index in [2.05, 4.69) is 49.1 Å². The molecule has 5 aliphatic heterocycles. The Bertz CT molecular complexity index is 2990. The Kier molecular flexibility index (Phi) is 12.0. The van der Waals surface area contributed by atoms with Crippen LogP contribution in [0.5, 0.6) is 5.88 Å². The van der Waals surface area contributed by atoms with Gasteiger partial charge in [-0.3, -0.25) is 19.8 Å². The van der Waals surface area contributed by atoms with Gasteiger partial charge in [0.2, 0.25) is 5.88 Å². The van der Waals surface area contributed by atoms with Crippen LogP contribution in [0.1, 0.15) is 92.7 Å². The minimum Gasteiger partial charge on any atom is -0.468 e. The van der Waals surface area contributed by atoms with E-state index in [0.29, 0.717) is 68.0 Å². The number of hydrogen-bond donors (Lipinski definition) is 3. The second kappa shape index (κ2) is 18.2. The van der Waals surface area contributed by atoms with E-state index in [4.69, 9.17) is 19.2 Å². The van der Waals surface area contributed by atoms with Crippen molar-refractivity contribution in [2.24, 2.45) is 11.3 Å². The molecule has 1 spiro atoms. The number of fused-ring (bicyclic) bond motifs is 3. The van der Waals surface area contributed by atoms with E-state index in [1.165, 1.54) is 17.7 Å². The fourth-order valence-corrected chi connectivity index (χ4v) is 13.0. The first kappa shape index (κ1) is 46.1. The number of piperidine rings is 1. The first-order chi connectivity index (χ1) is 33.8. The second-order valence-corrected chi connectivity index (χ2v) is 22.3. The van der Waals surface area contributed by atoms with E-state index in [1.807, 2.05) is 49.1 Å². The lowest BCUT2D eigenvalue weighted by atomic mass is 9.59. The maximum Gasteiger partial charge on any atom is 0.293 e. The molecule has 5 aromatic rings. The molecule has 5 fully saturated rings. The van der Waals surface area contributed by atoms with Crippen LogP contribution in [0.2, 0.25) is 0 Å². The van der Waals surface area contributed by atoms with Gasteiger partial charge in [-0.15, -0.1) is 0 Å². The van der Waals surface area contributed by atoms with E-state index in [0.717, 1.165) is 93.7 Å². The number of carbonyl (C=O) groups is 1. The standard InChI is InChI=1S/C52H59N9O8S/c1-51(2,32-53)40-7-4-3-6-38(40)42-8-5-19-59(42)36-27-52(28-36)16-20-58(21-17-52)35-9-11-39(43(25-35)60-45-24-34-13-18-54-48(34)56-50(45)69-47-31-68-30-46(47)60)49(62)57-70(65,66)37-10-12-41(44(26-37)61(63)64)55-29-33-14-22-67-23-15-33/h3-4,6-7,9-13,18,24-26,33,36,42,46-47,55H,5,8,14-17,19-23,27-31H2,1-2H3,(H,54,56)(H,57,62)/t42-,46+,47+/m0/s1. The molecular weight excluding hydrogens is 911 g/mol. The Morgan fingerprint density at radius 3 is 2.57 bits per heavy atom. The fourth-order valence-electron chi connectivity index (χ4n) is 12.0. The van der Waals surface area contributed by atoms with Gasteiger partial charge in [0.25, 0.3) is 21.6 Å². The van der Waals surface area contributed by atoms with Gasteiger partial charge in [0.1, 0.15) is 23.1 Å². The summed E-state index contributed by atoms with van der Waals surface area (Å²) in [5.41, 5.74) is 4.58. The van der Waals surface area contributed by atoms with Crippen molar-refractivity contribution >= 4 is 55.4 Å². The molecule has 1 amide bonds. The number of nitro benzene ring substituents is 1. The van der Waals surface area contributed by atoms with Gasteiger partial charge in [-0.25, -0.2) is 13.1 Å². The third-order valence-corrected chi connectivity index (χ3v) is 17.3. The van der Waals surface area contributed by atoms with Crippen LogP contribution < -0.4 is 24.6 Å². The Morgan fingerprint density at radius 1 is 0.986 bits per heavy atom. The number of H-pyrrole nitrogens is 1. The minimum atomic E-state index is -4.60.